The van der Waals surface area contributed by atoms with Gasteiger partial charge >= 0.3 is 5.82 Å². The zero-order valence-corrected chi connectivity index (χ0v) is 14.2. The number of aromatic nitrogens is 4. The minimum absolute atomic E-state index is 0.155. The number of hydrogen-bond acceptors (Lipinski definition) is 5. The highest BCUT2D eigenvalue weighted by atomic mass is 16.6. The summed E-state index contributed by atoms with van der Waals surface area (Å²) in [6.45, 7) is 2.93. The lowest BCUT2D eigenvalue weighted by Crippen LogP contribution is -2.14. The van der Waals surface area contributed by atoms with Gasteiger partial charge in [-0.1, -0.05) is 24.3 Å². The van der Waals surface area contributed by atoms with Gasteiger partial charge in [0.1, 0.15) is 0 Å². The number of nitrogens with zero attached hydrogens (tertiary/aromatic N) is 5. The van der Waals surface area contributed by atoms with E-state index < -0.39 is 4.92 Å². The van der Waals surface area contributed by atoms with Crippen molar-refractivity contribution in [2.45, 2.75) is 26.4 Å². The maximum Gasteiger partial charge on any atom is 0.389 e. The molecule has 1 aromatic carbocycles. The quantitative estimate of drug-likeness (QED) is 0.518. The number of aryl methyl sites for hydroxylation is 2. The molecule has 0 atom stereocenters. The Bertz CT molecular complexity index is 930. The van der Waals surface area contributed by atoms with Gasteiger partial charge in [-0.2, -0.15) is 9.78 Å². The highest BCUT2D eigenvalue weighted by Crippen LogP contribution is 2.12. The van der Waals surface area contributed by atoms with E-state index in [0.29, 0.717) is 12.2 Å². The Kier molecular flexibility index (Phi) is 5.07. The van der Waals surface area contributed by atoms with Crippen LogP contribution in [0, 0.1) is 17.0 Å². The summed E-state index contributed by atoms with van der Waals surface area (Å²) < 4.78 is 3.13. The third-order valence-corrected chi connectivity index (χ3v) is 3.89. The van der Waals surface area contributed by atoms with Crippen LogP contribution in [0.2, 0.25) is 0 Å². The molecule has 0 spiro atoms. The van der Waals surface area contributed by atoms with E-state index in [1.165, 1.54) is 22.5 Å². The summed E-state index contributed by atoms with van der Waals surface area (Å²) in [5.41, 5.74) is 2.95. The van der Waals surface area contributed by atoms with E-state index in [0.717, 1.165) is 5.56 Å². The van der Waals surface area contributed by atoms with Crippen LogP contribution in [0.25, 0.3) is 0 Å². The minimum atomic E-state index is -0.570. The van der Waals surface area contributed by atoms with Gasteiger partial charge in [0.2, 0.25) is 5.91 Å². The van der Waals surface area contributed by atoms with Gasteiger partial charge in [0.15, 0.2) is 0 Å². The molecule has 0 radical (unpaired) electrons. The van der Waals surface area contributed by atoms with Crippen LogP contribution < -0.4 is 5.32 Å². The number of benzene rings is 1. The largest absolute Gasteiger partial charge is 0.389 e. The van der Waals surface area contributed by atoms with Crippen molar-refractivity contribution in [3.05, 3.63) is 70.2 Å². The van der Waals surface area contributed by atoms with Crippen molar-refractivity contribution < 1.29 is 9.72 Å². The van der Waals surface area contributed by atoms with Crippen LogP contribution in [-0.4, -0.2) is 30.4 Å². The van der Waals surface area contributed by atoms with Crippen molar-refractivity contribution in [3.63, 3.8) is 0 Å². The molecule has 0 unspecified atom stereocenters. The summed E-state index contributed by atoms with van der Waals surface area (Å²) in [6, 6.07) is 9.35. The number of amides is 1. The number of rotatable bonds is 7. The van der Waals surface area contributed by atoms with E-state index >= 15 is 0 Å². The zero-order chi connectivity index (χ0) is 18.5. The number of anilines is 1. The third-order valence-electron chi connectivity index (χ3n) is 3.89. The Morgan fingerprint density at radius 1 is 1.27 bits per heavy atom. The maximum absolute atomic E-state index is 12.0. The first-order valence-corrected chi connectivity index (χ1v) is 8.06. The first-order chi connectivity index (χ1) is 12.5. The molecule has 0 saturated carbocycles. The van der Waals surface area contributed by atoms with Gasteiger partial charge in [-0.3, -0.25) is 9.48 Å². The lowest BCUT2D eigenvalue weighted by Gasteiger charge is -2.05. The fraction of sp³-hybridized carbons (Fsp3) is 0.235. The Morgan fingerprint density at radius 2 is 2.08 bits per heavy atom. The first-order valence-electron chi connectivity index (χ1n) is 8.06. The van der Waals surface area contributed by atoms with E-state index in [-0.39, 0.29) is 24.7 Å². The Balaban J connectivity index is 1.52. The predicted octanol–water partition coefficient (Wildman–Crippen LogP) is 2.37. The van der Waals surface area contributed by atoms with E-state index in [9.17, 15) is 14.9 Å². The van der Waals surface area contributed by atoms with Crippen molar-refractivity contribution in [2.75, 3.05) is 5.32 Å². The zero-order valence-electron chi connectivity index (χ0n) is 14.2. The summed E-state index contributed by atoms with van der Waals surface area (Å²) in [7, 11) is 0. The second-order valence-corrected chi connectivity index (χ2v) is 5.85. The van der Waals surface area contributed by atoms with Gasteiger partial charge in [0, 0.05) is 12.6 Å². The Morgan fingerprint density at radius 3 is 2.81 bits per heavy atom. The molecule has 2 aromatic heterocycles. The average Bonchev–Trinajstić information content (AvgIpc) is 3.25. The van der Waals surface area contributed by atoms with Crippen molar-refractivity contribution in [3.8, 4) is 0 Å². The normalized spacial score (nSPS) is 10.7. The van der Waals surface area contributed by atoms with Crippen molar-refractivity contribution >= 4 is 17.4 Å². The Labute approximate surface area is 149 Å². The summed E-state index contributed by atoms with van der Waals surface area (Å²) in [4.78, 5) is 22.0. The first kappa shape index (κ1) is 17.3. The molecule has 134 valence electrons. The van der Waals surface area contributed by atoms with Gasteiger partial charge in [-0.05, 0) is 23.0 Å². The molecular weight excluding hydrogens is 336 g/mol. The van der Waals surface area contributed by atoms with Crippen LogP contribution in [0.4, 0.5) is 11.5 Å². The molecule has 26 heavy (non-hydrogen) atoms. The van der Waals surface area contributed by atoms with E-state index in [1.807, 2.05) is 31.2 Å². The molecule has 0 fully saturated rings. The van der Waals surface area contributed by atoms with Gasteiger partial charge in [0.25, 0.3) is 0 Å². The van der Waals surface area contributed by atoms with E-state index in [2.05, 4.69) is 15.5 Å². The predicted molar refractivity (Wildman–Crippen MR) is 94.6 cm³/mol. The lowest BCUT2D eigenvalue weighted by atomic mass is 10.1. The smallest absolute Gasteiger partial charge is 0.358 e. The number of nitrogens with one attached hydrogen (secondary N) is 1. The molecule has 1 amide bonds. The Hall–Kier alpha value is -3.49. The highest BCUT2D eigenvalue weighted by molar-refractivity contribution is 5.90. The van der Waals surface area contributed by atoms with Gasteiger partial charge in [-0.25, -0.2) is 0 Å². The fourth-order valence-electron chi connectivity index (χ4n) is 2.49. The van der Waals surface area contributed by atoms with Crippen molar-refractivity contribution in [2.24, 2.45) is 0 Å². The van der Waals surface area contributed by atoms with Gasteiger partial charge < -0.3 is 15.4 Å². The van der Waals surface area contributed by atoms with Crippen LogP contribution in [0.3, 0.4) is 0 Å². The fourth-order valence-corrected chi connectivity index (χ4v) is 2.49. The number of hydrogen-bond donors (Lipinski definition) is 1. The molecule has 3 rings (SSSR count). The van der Waals surface area contributed by atoms with Crippen LogP contribution >= 0.6 is 0 Å². The van der Waals surface area contributed by atoms with Crippen LogP contribution in [-0.2, 0) is 17.9 Å². The standard InChI is InChI=1S/C17H18N6O3/c1-13-4-2-3-5-14(13)11-22-12-15(10-18-22)19-17(24)7-9-21-8-6-16(20-21)23(25)26/h2-6,8,10,12H,7,9,11H2,1H3,(H,19,24). The molecule has 0 bridgehead atoms. The molecule has 0 aliphatic rings. The molecule has 2 heterocycles. The molecule has 9 nitrogen and oxygen atoms in total. The van der Waals surface area contributed by atoms with Crippen LogP contribution in [0.1, 0.15) is 17.5 Å². The average molecular weight is 354 g/mol. The second-order valence-electron chi connectivity index (χ2n) is 5.85. The lowest BCUT2D eigenvalue weighted by molar-refractivity contribution is -0.389. The van der Waals surface area contributed by atoms with Crippen LogP contribution in [0.5, 0.6) is 0 Å². The monoisotopic (exact) mass is 354 g/mol. The van der Waals surface area contributed by atoms with Crippen LogP contribution in [0.15, 0.2) is 48.9 Å². The molecule has 0 aliphatic heterocycles. The van der Waals surface area contributed by atoms with E-state index in [1.54, 1.807) is 17.1 Å². The van der Waals surface area contributed by atoms with E-state index in [4.69, 9.17) is 0 Å². The number of nitro groups is 1. The highest BCUT2D eigenvalue weighted by Gasteiger charge is 2.12. The van der Waals surface area contributed by atoms with Crippen molar-refractivity contribution in [1.82, 2.24) is 19.6 Å². The van der Waals surface area contributed by atoms with Crippen molar-refractivity contribution in [1.29, 1.82) is 0 Å². The topological polar surface area (TPSA) is 108 Å². The summed E-state index contributed by atoms with van der Waals surface area (Å²) in [5, 5.41) is 21.4. The number of carbonyl (C=O) groups is 1. The second kappa shape index (κ2) is 7.60. The molecule has 0 aliphatic carbocycles. The minimum Gasteiger partial charge on any atom is -0.358 e. The third kappa shape index (κ3) is 4.32. The van der Waals surface area contributed by atoms with Gasteiger partial charge in [-0.15, -0.1) is 0 Å². The van der Waals surface area contributed by atoms with Gasteiger partial charge in [0.05, 0.1) is 42.3 Å². The SMILES string of the molecule is Cc1ccccc1Cn1cc(NC(=O)CCn2ccc([N+](=O)[O-])n2)cn1. The molecule has 3 aromatic rings. The summed E-state index contributed by atoms with van der Waals surface area (Å²) >= 11 is 0. The molecule has 1 N–H and O–H groups in total. The molecular formula is C17H18N6O3. The maximum atomic E-state index is 12.0. The summed E-state index contributed by atoms with van der Waals surface area (Å²) in [6.07, 6.45) is 4.99. The summed E-state index contributed by atoms with van der Waals surface area (Å²) in [5.74, 6) is -0.443. The molecule has 0 saturated heterocycles. The number of carbonyl (C=O) groups excluding carboxylic acids is 1. The molecule has 9 heteroatoms.